The number of hydrogen-bond donors (Lipinski definition) is 2. The van der Waals surface area contributed by atoms with Gasteiger partial charge < -0.3 is 10.4 Å². The van der Waals surface area contributed by atoms with Crippen molar-refractivity contribution in [3.63, 3.8) is 0 Å². The van der Waals surface area contributed by atoms with Crippen molar-refractivity contribution < 1.29 is 5.11 Å². The predicted octanol–water partition coefficient (Wildman–Crippen LogP) is 0.368. The van der Waals surface area contributed by atoms with E-state index in [1.807, 2.05) is 0 Å². The maximum Gasteiger partial charge on any atom is 0.0555 e. The molecule has 0 aliphatic heterocycles. The highest BCUT2D eigenvalue weighted by molar-refractivity contribution is 4.43. The van der Waals surface area contributed by atoms with E-state index < -0.39 is 0 Å². The van der Waals surface area contributed by atoms with E-state index in [9.17, 15) is 0 Å². The minimum Gasteiger partial charge on any atom is -0.395 e. The molecular formula is C6H15NO. The number of hydrogen-bond acceptors (Lipinski definition) is 2. The molecule has 0 heterocycles. The van der Waals surface area contributed by atoms with Crippen molar-refractivity contribution in [1.82, 2.24) is 5.32 Å². The van der Waals surface area contributed by atoms with E-state index in [1.165, 1.54) is 12.8 Å². The van der Waals surface area contributed by atoms with Gasteiger partial charge in [-0.2, -0.15) is 0 Å². The summed E-state index contributed by atoms with van der Waals surface area (Å²) in [5.41, 5.74) is 0. The average molecular weight is 117 g/mol. The molecule has 2 N–H and O–H groups in total. The number of nitrogens with one attached hydrogen (secondary N) is 1. The van der Waals surface area contributed by atoms with Crippen LogP contribution >= 0.6 is 0 Å². The third-order valence-electron chi connectivity index (χ3n) is 0.996. The van der Waals surface area contributed by atoms with Crippen LogP contribution in [0.1, 0.15) is 19.8 Å². The summed E-state index contributed by atoms with van der Waals surface area (Å²) in [5.74, 6) is 0. The molecule has 0 amide bonds. The van der Waals surface area contributed by atoms with Crippen LogP contribution in [0, 0.1) is 0 Å². The van der Waals surface area contributed by atoms with Crippen LogP contribution in [0.3, 0.4) is 0 Å². The first-order valence-electron chi connectivity index (χ1n) is 3.23. The Kier molecular flexibility index (Phi) is 6.85. The number of aliphatic hydroxyl groups is 1. The predicted molar refractivity (Wildman–Crippen MR) is 34.9 cm³/mol. The number of rotatable bonds is 5. The van der Waals surface area contributed by atoms with Gasteiger partial charge in [-0.3, -0.25) is 0 Å². The van der Waals surface area contributed by atoms with Gasteiger partial charge in [0.05, 0.1) is 6.61 Å². The summed E-state index contributed by atoms with van der Waals surface area (Å²) in [4.78, 5) is 0. The summed E-state index contributed by atoms with van der Waals surface area (Å²) < 4.78 is 0. The van der Waals surface area contributed by atoms with Gasteiger partial charge in [0, 0.05) is 6.54 Å². The van der Waals surface area contributed by atoms with E-state index in [1.54, 1.807) is 0 Å². The first-order valence-corrected chi connectivity index (χ1v) is 3.23. The first kappa shape index (κ1) is 7.92. The Morgan fingerprint density at radius 3 is 2.62 bits per heavy atom. The maximum absolute atomic E-state index is 8.30. The molecule has 0 rings (SSSR count). The van der Waals surface area contributed by atoms with Gasteiger partial charge in [-0.25, -0.2) is 0 Å². The fourth-order valence-electron chi connectivity index (χ4n) is 0.506. The Morgan fingerprint density at radius 1 is 1.38 bits per heavy atom. The number of aliphatic hydroxyl groups excluding tert-OH is 1. The molecule has 0 unspecified atom stereocenters. The fourth-order valence-corrected chi connectivity index (χ4v) is 0.506. The molecule has 0 aromatic rings. The molecule has 0 atom stereocenters. The normalized spacial score (nSPS) is 9.75. The molecule has 0 aromatic heterocycles. The van der Waals surface area contributed by atoms with Crippen LogP contribution in [-0.2, 0) is 0 Å². The van der Waals surface area contributed by atoms with E-state index >= 15 is 0 Å². The molecule has 2 nitrogen and oxygen atoms in total. The Balaban J connectivity index is 2.53. The molecule has 0 aliphatic rings. The first-order chi connectivity index (χ1) is 3.91. The summed E-state index contributed by atoms with van der Waals surface area (Å²) in [5, 5.41) is 11.4. The maximum atomic E-state index is 8.30. The summed E-state index contributed by atoms with van der Waals surface area (Å²) in [6.45, 7) is 4.18. The summed E-state index contributed by atoms with van der Waals surface area (Å²) in [7, 11) is 0. The molecule has 8 heavy (non-hydrogen) atoms. The quantitative estimate of drug-likeness (QED) is 0.510. The Hall–Kier alpha value is -0.0800. The van der Waals surface area contributed by atoms with E-state index in [2.05, 4.69) is 12.2 Å². The molecule has 50 valence electrons. The molecule has 0 fully saturated rings. The summed E-state index contributed by atoms with van der Waals surface area (Å²) in [6, 6.07) is 0. The van der Waals surface area contributed by atoms with Crippen molar-refractivity contribution in [2.45, 2.75) is 19.8 Å². The van der Waals surface area contributed by atoms with E-state index in [0.717, 1.165) is 13.1 Å². The lowest BCUT2D eigenvalue weighted by Crippen LogP contribution is -2.18. The summed E-state index contributed by atoms with van der Waals surface area (Å²) in [6.07, 6.45) is 2.43. The largest absolute Gasteiger partial charge is 0.395 e. The second-order valence-corrected chi connectivity index (χ2v) is 1.83. The SMILES string of the molecule is CCCCNCCO. The number of unbranched alkanes of at least 4 members (excludes halogenated alkanes) is 1. The van der Waals surface area contributed by atoms with Crippen molar-refractivity contribution in [1.29, 1.82) is 0 Å². The van der Waals surface area contributed by atoms with E-state index in [4.69, 9.17) is 5.11 Å². The fraction of sp³-hybridized carbons (Fsp3) is 1.00. The third kappa shape index (κ3) is 5.92. The van der Waals surface area contributed by atoms with Crippen LogP contribution in [-0.4, -0.2) is 24.8 Å². The second-order valence-electron chi connectivity index (χ2n) is 1.83. The molecule has 0 bridgehead atoms. The van der Waals surface area contributed by atoms with Crippen molar-refractivity contribution in [2.75, 3.05) is 19.7 Å². The van der Waals surface area contributed by atoms with Gasteiger partial charge in [-0.05, 0) is 13.0 Å². The molecule has 0 aliphatic carbocycles. The standard InChI is InChI=1S/C6H15NO/c1-2-3-4-7-5-6-8/h7-8H,2-6H2,1H3. The highest BCUT2D eigenvalue weighted by Gasteiger charge is 1.81. The van der Waals surface area contributed by atoms with Gasteiger partial charge in [0.25, 0.3) is 0 Å². The molecule has 0 saturated heterocycles. The lowest BCUT2D eigenvalue weighted by molar-refractivity contribution is 0.292. The molecule has 0 radical (unpaired) electrons. The topological polar surface area (TPSA) is 32.3 Å². The van der Waals surface area contributed by atoms with Gasteiger partial charge in [-0.15, -0.1) is 0 Å². The van der Waals surface area contributed by atoms with Crippen LogP contribution in [0.25, 0.3) is 0 Å². The van der Waals surface area contributed by atoms with E-state index in [0.29, 0.717) is 0 Å². The minimum atomic E-state index is 0.254. The van der Waals surface area contributed by atoms with Crippen LogP contribution in [0.5, 0.6) is 0 Å². The van der Waals surface area contributed by atoms with Crippen molar-refractivity contribution in [3.8, 4) is 0 Å². The molecule has 0 saturated carbocycles. The lowest BCUT2D eigenvalue weighted by atomic mass is 10.3. The zero-order chi connectivity index (χ0) is 6.24. The van der Waals surface area contributed by atoms with Gasteiger partial charge in [0.2, 0.25) is 0 Å². The van der Waals surface area contributed by atoms with Gasteiger partial charge in [0.15, 0.2) is 0 Å². The van der Waals surface area contributed by atoms with Crippen molar-refractivity contribution in [2.24, 2.45) is 0 Å². The Bertz CT molecular complexity index is 33.5. The summed E-state index contributed by atoms with van der Waals surface area (Å²) >= 11 is 0. The lowest BCUT2D eigenvalue weighted by Gasteiger charge is -1.97. The van der Waals surface area contributed by atoms with Crippen molar-refractivity contribution in [3.05, 3.63) is 0 Å². The molecular weight excluding hydrogens is 102 g/mol. The van der Waals surface area contributed by atoms with Gasteiger partial charge >= 0.3 is 0 Å². The monoisotopic (exact) mass is 117 g/mol. The zero-order valence-electron chi connectivity index (χ0n) is 5.48. The molecule has 2 heteroatoms. The second kappa shape index (κ2) is 6.92. The smallest absolute Gasteiger partial charge is 0.0555 e. The van der Waals surface area contributed by atoms with Crippen LogP contribution in [0.2, 0.25) is 0 Å². The Morgan fingerprint density at radius 2 is 2.12 bits per heavy atom. The van der Waals surface area contributed by atoms with Crippen LogP contribution < -0.4 is 5.32 Å². The minimum absolute atomic E-state index is 0.254. The molecule has 0 aromatic carbocycles. The van der Waals surface area contributed by atoms with Crippen molar-refractivity contribution >= 4 is 0 Å². The Labute approximate surface area is 50.9 Å². The van der Waals surface area contributed by atoms with Gasteiger partial charge in [0.1, 0.15) is 0 Å². The van der Waals surface area contributed by atoms with Crippen LogP contribution in [0.15, 0.2) is 0 Å². The third-order valence-corrected chi connectivity index (χ3v) is 0.996. The molecule has 0 spiro atoms. The highest BCUT2D eigenvalue weighted by Crippen LogP contribution is 1.80. The van der Waals surface area contributed by atoms with E-state index in [-0.39, 0.29) is 6.61 Å². The van der Waals surface area contributed by atoms with Crippen LogP contribution in [0.4, 0.5) is 0 Å². The zero-order valence-corrected chi connectivity index (χ0v) is 5.48. The average Bonchev–Trinajstić information content (AvgIpc) is 1.81. The van der Waals surface area contributed by atoms with Gasteiger partial charge in [-0.1, -0.05) is 13.3 Å². The highest BCUT2D eigenvalue weighted by atomic mass is 16.3.